The summed E-state index contributed by atoms with van der Waals surface area (Å²) in [7, 11) is 0. The highest BCUT2D eigenvalue weighted by Crippen LogP contribution is 2.19. The van der Waals surface area contributed by atoms with E-state index in [-0.39, 0.29) is 11.5 Å². The number of rotatable bonds is 5. The molecule has 0 saturated heterocycles. The largest absolute Gasteiger partial charge is 0.289 e. The second-order valence-corrected chi connectivity index (χ2v) is 4.83. The molecular formula is C18H15NO3. The van der Waals surface area contributed by atoms with Crippen LogP contribution in [0.3, 0.4) is 0 Å². The zero-order valence-corrected chi connectivity index (χ0v) is 12.2. The Morgan fingerprint density at radius 1 is 1.14 bits per heavy atom. The van der Waals surface area contributed by atoms with Gasteiger partial charge >= 0.3 is 0 Å². The summed E-state index contributed by atoms with van der Waals surface area (Å²) < 4.78 is 0. The molecule has 0 amide bonds. The molecule has 0 atom stereocenters. The van der Waals surface area contributed by atoms with Crippen molar-refractivity contribution in [2.45, 2.75) is 6.92 Å². The third-order valence-electron chi connectivity index (χ3n) is 3.28. The number of aryl methyl sites for hydroxylation is 1. The first kappa shape index (κ1) is 15.4. The van der Waals surface area contributed by atoms with Crippen molar-refractivity contribution >= 4 is 23.6 Å². The van der Waals surface area contributed by atoms with Gasteiger partial charge in [0.25, 0.3) is 5.69 Å². The molecule has 0 bridgehead atoms. The van der Waals surface area contributed by atoms with Gasteiger partial charge in [0.15, 0.2) is 5.78 Å². The van der Waals surface area contributed by atoms with Crippen LogP contribution in [0.25, 0.3) is 12.2 Å². The van der Waals surface area contributed by atoms with Gasteiger partial charge in [0, 0.05) is 17.2 Å². The Kier molecular flexibility index (Phi) is 4.63. The van der Waals surface area contributed by atoms with Crippen LogP contribution in [-0.4, -0.2) is 10.7 Å². The lowest BCUT2D eigenvalue weighted by atomic mass is 10.1. The summed E-state index contributed by atoms with van der Waals surface area (Å²) in [5, 5.41) is 10.8. The molecule has 0 saturated carbocycles. The van der Waals surface area contributed by atoms with Crippen molar-refractivity contribution in [3.05, 3.63) is 87.5 Å². The molecule has 4 heteroatoms. The van der Waals surface area contributed by atoms with Crippen LogP contribution in [0.2, 0.25) is 0 Å². The predicted molar refractivity (Wildman–Crippen MR) is 87.7 cm³/mol. The van der Waals surface area contributed by atoms with Crippen LogP contribution in [0.5, 0.6) is 0 Å². The van der Waals surface area contributed by atoms with Gasteiger partial charge in [-0.05, 0) is 36.3 Å². The van der Waals surface area contributed by atoms with Gasteiger partial charge in [-0.25, -0.2) is 0 Å². The molecule has 0 aliphatic rings. The van der Waals surface area contributed by atoms with Gasteiger partial charge in [-0.2, -0.15) is 0 Å². The van der Waals surface area contributed by atoms with E-state index in [2.05, 4.69) is 6.58 Å². The molecule has 0 heterocycles. The van der Waals surface area contributed by atoms with Crippen molar-refractivity contribution < 1.29 is 9.72 Å². The maximum Gasteiger partial charge on any atom is 0.272 e. The number of hydrogen-bond acceptors (Lipinski definition) is 3. The van der Waals surface area contributed by atoms with Crippen LogP contribution < -0.4 is 0 Å². The lowest BCUT2D eigenvalue weighted by Crippen LogP contribution is -1.94. The number of ketones is 1. The van der Waals surface area contributed by atoms with E-state index in [9.17, 15) is 14.9 Å². The first-order valence-electron chi connectivity index (χ1n) is 6.71. The van der Waals surface area contributed by atoms with E-state index < -0.39 is 4.92 Å². The summed E-state index contributed by atoms with van der Waals surface area (Å²) in [6.45, 7) is 5.33. The van der Waals surface area contributed by atoms with Gasteiger partial charge in [-0.15, -0.1) is 0 Å². The van der Waals surface area contributed by atoms with Crippen LogP contribution in [0, 0.1) is 17.0 Å². The number of hydrogen-bond donors (Lipinski definition) is 0. The van der Waals surface area contributed by atoms with E-state index in [1.165, 1.54) is 12.1 Å². The fourth-order valence-corrected chi connectivity index (χ4v) is 2.04. The summed E-state index contributed by atoms with van der Waals surface area (Å²) in [6, 6.07) is 11.9. The number of nitro groups is 1. The van der Waals surface area contributed by atoms with Crippen molar-refractivity contribution in [1.82, 2.24) is 0 Å². The summed E-state index contributed by atoms with van der Waals surface area (Å²) in [6.07, 6.45) is 4.83. The molecule has 4 nitrogen and oxygen atoms in total. The highest BCUT2D eigenvalue weighted by molar-refractivity contribution is 6.06. The molecule has 0 aliphatic heterocycles. The summed E-state index contributed by atoms with van der Waals surface area (Å²) in [4.78, 5) is 22.4. The second-order valence-electron chi connectivity index (χ2n) is 4.83. The number of carbonyl (C=O) groups excluding carboxylic acids is 1. The molecule has 110 valence electrons. The van der Waals surface area contributed by atoms with Gasteiger partial charge < -0.3 is 0 Å². The average Bonchev–Trinajstić information content (AvgIpc) is 2.52. The van der Waals surface area contributed by atoms with Gasteiger partial charge in [-0.1, -0.05) is 43.0 Å². The fourth-order valence-electron chi connectivity index (χ4n) is 2.04. The van der Waals surface area contributed by atoms with Crippen LogP contribution in [-0.2, 0) is 0 Å². The number of allylic oxidation sites excluding steroid dienone is 1. The monoisotopic (exact) mass is 293 g/mol. The third kappa shape index (κ3) is 3.55. The number of carbonyl (C=O) groups is 1. The van der Waals surface area contributed by atoms with E-state index in [0.717, 1.165) is 11.1 Å². The van der Waals surface area contributed by atoms with E-state index >= 15 is 0 Å². The Bertz CT molecular complexity index is 758. The number of nitrogens with zero attached hydrogens (tertiary/aromatic N) is 1. The molecule has 2 aromatic rings. The van der Waals surface area contributed by atoms with Gasteiger partial charge in [0.1, 0.15) is 0 Å². The standard InChI is InChI=1S/C18H15NO3/c1-3-14-4-8-16(9-5-14)18(20)11-7-15-6-10-17(19(21)22)13(2)12-15/h3-12H,1H2,2H3. The molecule has 0 radical (unpaired) electrons. The number of nitro benzene ring substituents is 1. The average molecular weight is 293 g/mol. The lowest BCUT2D eigenvalue weighted by molar-refractivity contribution is -0.385. The topological polar surface area (TPSA) is 60.2 Å². The number of benzene rings is 2. The molecule has 0 fully saturated rings. The summed E-state index contributed by atoms with van der Waals surface area (Å²) in [5.41, 5.74) is 2.92. The Morgan fingerprint density at radius 3 is 2.32 bits per heavy atom. The minimum absolute atomic E-state index is 0.0727. The minimum Gasteiger partial charge on any atom is -0.289 e. The Balaban J connectivity index is 2.16. The van der Waals surface area contributed by atoms with Crippen LogP contribution >= 0.6 is 0 Å². The van der Waals surface area contributed by atoms with Gasteiger partial charge in [-0.3, -0.25) is 14.9 Å². The van der Waals surface area contributed by atoms with Crippen molar-refractivity contribution in [3.8, 4) is 0 Å². The van der Waals surface area contributed by atoms with Gasteiger partial charge in [0.2, 0.25) is 0 Å². The van der Waals surface area contributed by atoms with E-state index in [0.29, 0.717) is 11.1 Å². The normalized spacial score (nSPS) is 10.6. The maximum absolute atomic E-state index is 12.1. The van der Waals surface area contributed by atoms with Crippen molar-refractivity contribution in [3.63, 3.8) is 0 Å². The molecule has 2 aromatic carbocycles. The SMILES string of the molecule is C=Cc1ccc(C(=O)C=Cc2ccc([N+](=O)[O-])c(C)c2)cc1. The Hall–Kier alpha value is -3.01. The van der Waals surface area contributed by atoms with Crippen molar-refractivity contribution in [1.29, 1.82) is 0 Å². The smallest absolute Gasteiger partial charge is 0.272 e. The molecule has 0 aromatic heterocycles. The maximum atomic E-state index is 12.1. The first-order chi connectivity index (χ1) is 10.5. The highest BCUT2D eigenvalue weighted by atomic mass is 16.6. The quantitative estimate of drug-likeness (QED) is 0.354. The van der Waals surface area contributed by atoms with Crippen LogP contribution in [0.1, 0.15) is 27.0 Å². The van der Waals surface area contributed by atoms with E-state index in [1.807, 2.05) is 12.1 Å². The molecule has 22 heavy (non-hydrogen) atoms. The van der Waals surface area contributed by atoms with E-state index in [1.54, 1.807) is 43.3 Å². The first-order valence-corrected chi connectivity index (χ1v) is 6.71. The van der Waals surface area contributed by atoms with Gasteiger partial charge in [0.05, 0.1) is 4.92 Å². The summed E-state index contributed by atoms with van der Waals surface area (Å²) >= 11 is 0. The molecule has 0 spiro atoms. The molecular weight excluding hydrogens is 278 g/mol. The lowest BCUT2D eigenvalue weighted by Gasteiger charge is -1.99. The minimum atomic E-state index is -0.421. The van der Waals surface area contributed by atoms with Crippen molar-refractivity contribution in [2.24, 2.45) is 0 Å². The zero-order chi connectivity index (χ0) is 16.1. The third-order valence-corrected chi connectivity index (χ3v) is 3.28. The van der Waals surface area contributed by atoms with Crippen LogP contribution in [0.4, 0.5) is 5.69 Å². The molecule has 0 aliphatic carbocycles. The Morgan fingerprint density at radius 2 is 1.77 bits per heavy atom. The van der Waals surface area contributed by atoms with Crippen LogP contribution in [0.15, 0.2) is 55.1 Å². The molecule has 0 N–H and O–H groups in total. The molecule has 0 unspecified atom stereocenters. The highest BCUT2D eigenvalue weighted by Gasteiger charge is 2.09. The molecule has 2 rings (SSSR count). The zero-order valence-electron chi connectivity index (χ0n) is 12.2. The second kappa shape index (κ2) is 6.63. The summed E-state index contributed by atoms with van der Waals surface area (Å²) in [5.74, 6) is -0.119. The Labute approximate surface area is 128 Å². The van der Waals surface area contributed by atoms with Crippen molar-refractivity contribution in [2.75, 3.05) is 0 Å². The van der Waals surface area contributed by atoms with E-state index in [4.69, 9.17) is 0 Å². The fraction of sp³-hybridized carbons (Fsp3) is 0.0556. The predicted octanol–water partition coefficient (Wildman–Crippen LogP) is 4.44.